The van der Waals surface area contributed by atoms with Crippen LogP contribution in [0.15, 0.2) is 47.6 Å². The predicted molar refractivity (Wildman–Crippen MR) is 144 cm³/mol. The molecule has 2 aromatic heterocycles. The van der Waals surface area contributed by atoms with Gasteiger partial charge in [-0.15, -0.1) is 20.4 Å². The fourth-order valence-corrected chi connectivity index (χ4v) is 5.01. The molecule has 0 aliphatic carbocycles. The molecule has 0 saturated heterocycles. The van der Waals surface area contributed by atoms with Crippen LogP contribution in [0.2, 0.25) is 15.1 Å². The van der Waals surface area contributed by atoms with Gasteiger partial charge in [-0.1, -0.05) is 64.0 Å². The first-order valence-corrected chi connectivity index (χ1v) is 13.5. The van der Waals surface area contributed by atoms with Crippen molar-refractivity contribution in [1.82, 2.24) is 30.3 Å². The van der Waals surface area contributed by atoms with Gasteiger partial charge in [0.1, 0.15) is 10.8 Å². The number of nitrogens with one attached hydrogen (secondary N) is 2. The number of rotatable bonds is 10. The summed E-state index contributed by atoms with van der Waals surface area (Å²) in [4.78, 5) is 24.8. The summed E-state index contributed by atoms with van der Waals surface area (Å²) >= 11 is 20.6. The molecule has 37 heavy (non-hydrogen) atoms. The van der Waals surface area contributed by atoms with E-state index in [0.717, 1.165) is 5.01 Å². The number of anilines is 1. The highest BCUT2D eigenvalue weighted by molar-refractivity contribution is 7.99. The topological polar surface area (TPSA) is 124 Å². The first kappa shape index (κ1) is 27.1. The monoisotopic (exact) mass is 597 g/mol. The van der Waals surface area contributed by atoms with Crippen molar-refractivity contribution in [1.29, 1.82) is 0 Å². The summed E-state index contributed by atoms with van der Waals surface area (Å²) in [5.41, 5.74) is 0.675. The largest absolute Gasteiger partial charge is 0.482 e. The van der Waals surface area contributed by atoms with Gasteiger partial charge in [-0.25, -0.2) is 0 Å². The molecule has 10 nitrogen and oxygen atoms in total. The molecule has 2 amide bonds. The van der Waals surface area contributed by atoms with E-state index in [-0.39, 0.29) is 24.8 Å². The Labute approximate surface area is 234 Å². The standard InChI is InChI=1S/C22H18Cl3N7O3S2/c1-12-28-30-21(37-12)27-20(34)11-36-22-31-29-18(32(22)15-4-2-3-13(23)7-15)9-26-19(33)10-35-17-6-5-14(24)8-16(17)25/h2-8H,9-11H2,1H3,(H,26,33)(H,27,30,34). The van der Waals surface area contributed by atoms with Crippen LogP contribution in [0.3, 0.4) is 0 Å². The summed E-state index contributed by atoms with van der Waals surface area (Å²) in [6.07, 6.45) is 0. The quantitative estimate of drug-likeness (QED) is 0.249. The number of hydrogen-bond acceptors (Lipinski definition) is 9. The Morgan fingerprint density at radius 2 is 1.84 bits per heavy atom. The maximum atomic E-state index is 12.4. The third kappa shape index (κ3) is 7.55. The third-order valence-electron chi connectivity index (χ3n) is 4.57. The number of thioether (sulfide) groups is 1. The van der Waals surface area contributed by atoms with Crippen LogP contribution >= 0.6 is 57.9 Å². The Bertz CT molecular complexity index is 1430. The second-order valence-electron chi connectivity index (χ2n) is 7.32. The molecule has 4 rings (SSSR count). The van der Waals surface area contributed by atoms with E-state index in [4.69, 9.17) is 39.5 Å². The molecule has 4 aromatic rings. The van der Waals surface area contributed by atoms with Crippen molar-refractivity contribution in [3.63, 3.8) is 0 Å². The zero-order valence-electron chi connectivity index (χ0n) is 19.1. The summed E-state index contributed by atoms with van der Waals surface area (Å²) in [7, 11) is 0. The molecule has 0 unspecified atom stereocenters. The summed E-state index contributed by atoms with van der Waals surface area (Å²) in [5, 5.41) is 24.5. The van der Waals surface area contributed by atoms with Crippen LogP contribution < -0.4 is 15.4 Å². The molecule has 2 N–H and O–H groups in total. The normalized spacial score (nSPS) is 10.8. The number of ether oxygens (including phenoxy) is 1. The smallest absolute Gasteiger partial charge is 0.258 e. The number of nitrogens with zero attached hydrogens (tertiary/aromatic N) is 5. The van der Waals surface area contributed by atoms with E-state index in [2.05, 4.69) is 31.0 Å². The minimum Gasteiger partial charge on any atom is -0.482 e. The van der Waals surface area contributed by atoms with E-state index in [1.54, 1.807) is 41.8 Å². The van der Waals surface area contributed by atoms with Crippen LogP contribution in [-0.2, 0) is 16.1 Å². The highest BCUT2D eigenvalue weighted by atomic mass is 35.5. The van der Waals surface area contributed by atoms with Crippen LogP contribution in [-0.4, -0.2) is 49.1 Å². The second kappa shape index (κ2) is 12.6. The number of hydrogen-bond donors (Lipinski definition) is 2. The highest BCUT2D eigenvalue weighted by Crippen LogP contribution is 2.27. The van der Waals surface area contributed by atoms with Crippen LogP contribution in [0, 0.1) is 6.92 Å². The van der Waals surface area contributed by atoms with E-state index in [9.17, 15) is 9.59 Å². The lowest BCUT2D eigenvalue weighted by atomic mass is 10.3. The summed E-state index contributed by atoms with van der Waals surface area (Å²) < 4.78 is 7.19. The molecule has 0 spiro atoms. The van der Waals surface area contributed by atoms with Crippen molar-refractivity contribution in [2.45, 2.75) is 18.6 Å². The molecule has 0 saturated carbocycles. The lowest BCUT2D eigenvalue weighted by Crippen LogP contribution is -2.29. The number of amides is 2. The Morgan fingerprint density at radius 1 is 1.03 bits per heavy atom. The molecule has 0 fully saturated rings. The van der Waals surface area contributed by atoms with Gasteiger partial charge in [0.15, 0.2) is 17.6 Å². The van der Waals surface area contributed by atoms with E-state index >= 15 is 0 Å². The van der Waals surface area contributed by atoms with Crippen LogP contribution in [0.1, 0.15) is 10.8 Å². The first-order chi connectivity index (χ1) is 17.8. The number of halogens is 3. The molecule has 2 aromatic carbocycles. The van der Waals surface area contributed by atoms with E-state index in [1.807, 2.05) is 6.07 Å². The molecular weight excluding hydrogens is 581 g/mol. The van der Waals surface area contributed by atoms with Crippen molar-refractivity contribution >= 4 is 74.8 Å². The Morgan fingerprint density at radius 3 is 2.57 bits per heavy atom. The number of aromatic nitrogens is 5. The van der Waals surface area contributed by atoms with Crippen molar-refractivity contribution in [3.8, 4) is 11.4 Å². The third-order valence-corrected chi connectivity index (χ3v) is 7.02. The van der Waals surface area contributed by atoms with Crippen LogP contribution in [0.5, 0.6) is 5.75 Å². The van der Waals surface area contributed by atoms with Gasteiger partial charge in [0.05, 0.1) is 23.0 Å². The summed E-state index contributed by atoms with van der Waals surface area (Å²) in [6, 6.07) is 11.8. The SMILES string of the molecule is Cc1nnc(NC(=O)CSc2nnc(CNC(=O)COc3ccc(Cl)cc3Cl)n2-c2cccc(Cl)c2)s1. The molecule has 2 heterocycles. The lowest BCUT2D eigenvalue weighted by Gasteiger charge is -2.12. The van der Waals surface area contributed by atoms with Gasteiger partial charge >= 0.3 is 0 Å². The summed E-state index contributed by atoms with van der Waals surface area (Å²) in [6.45, 7) is 1.58. The highest BCUT2D eigenvalue weighted by Gasteiger charge is 2.18. The maximum Gasteiger partial charge on any atom is 0.258 e. The molecule has 192 valence electrons. The van der Waals surface area contributed by atoms with Crippen molar-refractivity contribution < 1.29 is 14.3 Å². The molecule has 0 atom stereocenters. The number of carbonyl (C=O) groups is 2. The molecule has 0 aliphatic rings. The van der Waals surface area contributed by atoms with E-state index < -0.39 is 5.91 Å². The molecule has 0 bridgehead atoms. The van der Waals surface area contributed by atoms with Gasteiger partial charge < -0.3 is 10.1 Å². The van der Waals surface area contributed by atoms with Crippen molar-refractivity contribution in [2.24, 2.45) is 0 Å². The van der Waals surface area contributed by atoms with Gasteiger partial charge in [0.25, 0.3) is 5.91 Å². The van der Waals surface area contributed by atoms with Gasteiger partial charge in [-0.05, 0) is 43.3 Å². The molecule has 15 heteroatoms. The van der Waals surface area contributed by atoms with E-state index in [0.29, 0.717) is 42.6 Å². The number of aryl methyl sites for hydroxylation is 1. The van der Waals surface area contributed by atoms with E-state index in [1.165, 1.54) is 29.2 Å². The summed E-state index contributed by atoms with van der Waals surface area (Å²) in [5.74, 6) is 0.161. The van der Waals surface area contributed by atoms with Crippen molar-refractivity contribution in [2.75, 3.05) is 17.7 Å². The molecule has 0 radical (unpaired) electrons. The fourth-order valence-electron chi connectivity index (χ4n) is 2.98. The number of carbonyl (C=O) groups excluding carboxylic acids is 2. The maximum absolute atomic E-state index is 12.4. The zero-order chi connectivity index (χ0) is 26.4. The molecule has 0 aliphatic heterocycles. The molecular formula is C22H18Cl3N7O3S2. The Balaban J connectivity index is 1.42. The minimum atomic E-state index is -0.396. The van der Waals surface area contributed by atoms with Crippen molar-refractivity contribution in [3.05, 3.63) is 68.4 Å². The second-order valence-corrected chi connectivity index (χ2v) is 10.7. The average Bonchev–Trinajstić information content (AvgIpc) is 3.46. The van der Waals surface area contributed by atoms with Crippen LogP contribution in [0.4, 0.5) is 5.13 Å². The zero-order valence-corrected chi connectivity index (χ0v) is 23.0. The van der Waals surface area contributed by atoms with Gasteiger partial charge in [0, 0.05) is 10.0 Å². The first-order valence-electron chi connectivity index (χ1n) is 10.6. The fraction of sp³-hybridized carbons (Fsp3) is 0.182. The van der Waals surface area contributed by atoms with Gasteiger partial charge in [0.2, 0.25) is 11.0 Å². The lowest BCUT2D eigenvalue weighted by molar-refractivity contribution is -0.123. The Kier molecular flexibility index (Phi) is 9.22. The Hall–Kier alpha value is -2.90. The van der Waals surface area contributed by atoms with Gasteiger partial charge in [-0.2, -0.15) is 0 Å². The number of benzene rings is 2. The van der Waals surface area contributed by atoms with Gasteiger partial charge in [-0.3, -0.25) is 19.5 Å². The minimum absolute atomic E-state index is 0.0485. The predicted octanol–water partition coefficient (Wildman–Crippen LogP) is 4.81. The van der Waals surface area contributed by atoms with Crippen LogP contribution in [0.25, 0.3) is 5.69 Å². The average molecular weight is 599 g/mol.